The van der Waals surface area contributed by atoms with Gasteiger partial charge in [0.1, 0.15) is 10.0 Å². The quantitative estimate of drug-likeness (QED) is 0.895. The van der Waals surface area contributed by atoms with Gasteiger partial charge < -0.3 is 0 Å². The van der Waals surface area contributed by atoms with E-state index in [1.54, 1.807) is 14.0 Å². The molecule has 0 saturated heterocycles. The Morgan fingerprint density at radius 3 is 2.53 bits per heavy atom. The van der Waals surface area contributed by atoms with Crippen LogP contribution in [0, 0.1) is 6.92 Å². The van der Waals surface area contributed by atoms with E-state index < -0.39 is 10.0 Å². The average molecular weight is 280 g/mol. The Kier molecular flexibility index (Phi) is 4.57. The Bertz CT molecular complexity index is 496. The summed E-state index contributed by atoms with van der Waals surface area (Å²) in [5, 5.41) is 4.13. The molecule has 5 nitrogen and oxygen atoms in total. The Labute approximate surface area is 107 Å². The zero-order chi connectivity index (χ0) is 13.2. The van der Waals surface area contributed by atoms with Crippen LogP contribution in [-0.2, 0) is 17.1 Å². The van der Waals surface area contributed by atoms with Crippen LogP contribution >= 0.6 is 11.6 Å². The van der Waals surface area contributed by atoms with Crippen molar-refractivity contribution in [3.05, 3.63) is 10.8 Å². The highest BCUT2D eigenvalue weighted by Gasteiger charge is 2.26. The molecule has 0 saturated carbocycles. The lowest BCUT2D eigenvalue weighted by atomic mass is 10.2. The lowest BCUT2D eigenvalue weighted by Gasteiger charge is -2.12. The number of hydrogen-bond acceptors (Lipinski definition) is 3. The van der Waals surface area contributed by atoms with Crippen molar-refractivity contribution < 1.29 is 8.42 Å². The Morgan fingerprint density at radius 1 is 1.53 bits per heavy atom. The maximum absolute atomic E-state index is 12.1. The minimum Gasteiger partial charge on any atom is -0.255 e. The SMILES string of the molecule is CCCC(C)NS(=O)(=O)c1c(C)nn(C)c1Cl. The molecular formula is C10H18ClN3O2S. The molecule has 0 amide bonds. The molecule has 1 rings (SSSR count). The Hall–Kier alpha value is -0.590. The van der Waals surface area contributed by atoms with Gasteiger partial charge in [-0.2, -0.15) is 5.10 Å². The molecule has 0 spiro atoms. The van der Waals surface area contributed by atoms with E-state index in [9.17, 15) is 8.42 Å². The Balaban J connectivity index is 3.05. The third-order valence-corrected chi connectivity index (χ3v) is 4.73. The molecule has 1 heterocycles. The molecule has 7 heteroatoms. The van der Waals surface area contributed by atoms with E-state index in [1.807, 2.05) is 13.8 Å². The van der Waals surface area contributed by atoms with Crippen LogP contribution in [0.2, 0.25) is 5.15 Å². The van der Waals surface area contributed by atoms with Gasteiger partial charge >= 0.3 is 0 Å². The molecule has 98 valence electrons. The van der Waals surface area contributed by atoms with Gasteiger partial charge in [0.05, 0.1) is 5.69 Å². The maximum Gasteiger partial charge on any atom is 0.245 e. The van der Waals surface area contributed by atoms with Gasteiger partial charge in [-0.25, -0.2) is 13.1 Å². The van der Waals surface area contributed by atoms with Crippen LogP contribution in [0.3, 0.4) is 0 Å². The molecule has 0 fully saturated rings. The molecule has 0 aliphatic carbocycles. The van der Waals surface area contributed by atoms with Gasteiger partial charge in [-0.15, -0.1) is 0 Å². The summed E-state index contributed by atoms with van der Waals surface area (Å²) >= 11 is 5.94. The summed E-state index contributed by atoms with van der Waals surface area (Å²) in [6.07, 6.45) is 1.71. The fourth-order valence-corrected chi connectivity index (χ4v) is 3.76. The second kappa shape index (κ2) is 5.37. The van der Waals surface area contributed by atoms with Crippen molar-refractivity contribution in [3.8, 4) is 0 Å². The van der Waals surface area contributed by atoms with E-state index in [-0.39, 0.29) is 16.1 Å². The topological polar surface area (TPSA) is 64.0 Å². The van der Waals surface area contributed by atoms with Crippen LogP contribution in [0.4, 0.5) is 0 Å². The highest BCUT2D eigenvalue weighted by Crippen LogP contribution is 2.24. The molecular weight excluding hydrogens is 262 g/mol. The highest BCUT2D eigenvalue weighted by molar-refractivity contribution is 7.89. The van der Waals surface area contributed by atoms with Gasteiger partial charge in [0.25, 0.3) is 0 Å². The lowest BCUT2D eigenvalue weighted by molar-refractivity contribution is 0.543. The van der Waals surface area contributed by atoms with Crippen molar-refractivity contribution in [2.45, 2.75) is 44.6 Å². The molecule has 1 aromatic rings. The predicted molar refractivity (Wildman–Crippen MR) is 67.6 cm³/mol. The van der Waals surface area contributed by atoms with E-state index in [4.69, 9.17) is 11.6 Å². The third kappa shape index (κ3) is 3.20. The summed E-state index contributed by atoms with van der Waals surface area (Å²) in [6.45, 7) is 5.47. The monoisotopic (exact) mass is 279 g/mol. The van der Waals surface area contributed by atoms with Gasteiger partial charge in [-0.1, -0.05) is 24.9 Å². The van der Waals surface area contributed by atoms with Gasteiger partial charge in [0.2, 0.25) is 10.0 Å². The van der Waals surface area contributed by atoms with E-state index in [1.165, 1.54) is 4.68 Å². The zero-order valence-electron chi connectivity index (χ0n) is 10.5. The highest BCUT2D eigenvalue weighted by atomic mass is 35.5. The molecule has 0 radical (unpaired) electrons. The summed E-state index contributed by atoms with van der Waals surface area (Å²) in [5.41, 5.74) is 0.411. The van der Waals surface area contributed by atoms with Crippen molar-refractivity contribution in [3.63, 3.8) is 0 Å². The molecule has 0 aromatic carbocycles. The van der Waals surface area contributed by atoms with Gasteiger partial charge in [-0.3, -0.25) is 4.68 Å². The van der Waals surface area contributed by atoms with Crippen LogP contribution in [0.25, 0.3) is 0 Å². The minimum absolute atomic E-state index is 0.0737. The van der Waals surface area contributed by atoms with Gasteiger partial charge in [0.15, 0.2) is 0 Å². The van der Waals surface area contributed by atoms with Crippen molar-refractivity contribution in [1.29, 1.82) is 0 Å². The standard InChI is InChI=1S/C10H18ClN3O2S/c1-5-6-7(2)13-17(15,16)9-8(3)12-14(4)10(9)11/h7,13H,5-6H2,1-4H3. The minimum atomic E-state index is -3.59. The summed E-state index contributed by atoms with van der Waals surface area (Å²) in [4.78, 5) is 0.0737. The van der Waals surface area contributed by atoms with Crippen molar-refractivity contribution >= 4 is 21.6 Å². The van der Waals surface area contributed by atoms with Crippen LogP contribution in [-0.4, -0.2) is 24.2 Å². The van der Waals surface area contributed by atoms with E-state index >= 15 is 0 Å². The maximum atomic E-state index is 12.1. The van der Waals surface area contributed by atoms with Crippen LogP contribution < -0.4 is 4.72 Å². The van der Waals surface area contributed by atoms with Crippen LogP contribution in [0.1, 0.15) is 32.4 Å². The predicted octanol–water partition coefficient (Wildman–Crippen LogP) is 1.85. The Morgan fingerprint density at radius 2 is 2.12 bits per heavy atom. The molecule has 1 N–H and O–H groups in total. The normalized spacial score (nSPS) is 13.9. The zero-order valence-corrected chi connectivity index (χ0v) is 12.1. The second-order valence-corrected chi connectivity index (χ2v) is 6.15. The molecule has 1 atom stereocenters. The number of nitrogens with zero attached hydrogens (tertiary/aromatic N) is 2. The van der Waals surface area contributed by atoms with Crippen molar-refractivity contribution in [2.75, 3.05) is 0 Å². The third-order valence-electron chi connectivity index (χ3n) is 2.45. The van der Waals surface area contributed by atoms with Crippen LogP contribution in [0.15, 0.2) is 4.90 Å². The van der Waals surface area contributed by atoms with E-state index in [0.29, 0.717) is 5.69 Å². The number of aromatic nitrogens is 2. The first kappa shape index (κ1) is 14.5. The number of halogens is 1. The first-order valence-electron chi connectivity index (χ1n) is 5.51. The average Bonchev–Trinajstić information content (AvgIpc) is 2.40. The first-order valence-corrected chi connectivity index (χ1v) is 7.37. The fraction of sp³-hybridized carbons (Fsp3) is 0.700. The molecule has 0 aliphatic heterocycles. The molecule has 17 heavy (non-hydrogen) atoms. The number of hydrogen-bond donors (Lipinski definition) is 1. The van der Waals surface area contributed by atoms with Crippen LogP contribution in [0.5, 0.6) is 0 Å². The van der Waals surface area contributed by atoms with Gasteiger partial charge in [0, 0.05) is 13.1 Å². The summed E-state index contributed by atoms with van der Waals surface area (Å²) in [7, 11) is -1.97. The summed E-state index contributed by atoms with van der Waals surface area (Å²) in [6, 6.07) is -0.110. The van der Waals surface area contributed by atoms with E-state index in [2.05, 4.69) is 9.82 Å². The smallest absolute Gasteiger partial charge is 0.245 e. The number of nitrogens with one attached hydrogen (secondary N) is 1. The largest absolute Gasteiger partial charge is 0.255 e. The summed E-state index contributed by atoms with van der Waals surface area (Å²) in [5.74, 6) is 0. The lowest BCUT2D eigenvalue weighted by Crippen LogP contribution is -2.32. The van der Waals surface area contributed by atoms with Crippen molar-refractivity contribution in [1.82, 2.24) is 14.5 Å². The summed E-state index contributed by atoms with van der Waals surface area (Å²) < 4.78 is 28.2. The van der Waals surface area contributed by atoms with Crippen molar-refractivity contribution in [2.24, 2.45) is 7.05 Å². The van der Waals surface area contributed by atoms with Gasteiger partial charge in [-0.05, 0) is 20.3 Å². The molecule has 0 aliphatic rings. The molecule has 1 aromatic heterocycles. The number of sulfonamides is 1. The molecule has 0 bridgehead atoms. The number of rotatable bonds is 5. The number of aryl methyl sites for hydroxylation is 2. The van der Waals surface area contributed by atoms with E-state index in [0.717, 1.165) is 12.8 Å². The molecule has 1 unspecified atom stereocenters. The first-order chi connectivity index (χ1) is 7.79. The fourth-order valence-electron chi connectivity index (χ4n) is 1.73. The second-order valence-electron chi connectivity index (χ2n) is 4.14.